The summed E-state index contributed by atoms with van der Waals surface area (Å²) >= 11 is 5.80. The number of nitrogens with zero attached hydrogens (tertiary/aromatic N) is 3. The van der Waals surface area contributed by atoms with E-state index in [2.05, 4.69) is 15.4 Å². The number of hydrogen-bond donors (Lipinski definition) is 2. The fourth-order valence-electron chi connectivity index (χ4n) is 1.41. The highest BCUT2D eigenvalue weighted by atomic mass is 35.5. The van der Waals surface area contributed by atoms with Gasteiger partial charge in [0.05, 0.1) is 7.11 Å². The van der Waals surface area contributed by atoms with E-state index in [0.29, 0.717) is 28.4 Å². The summed E-state index contributed by atoms with van der Waals surface area (Å²) in [6, 6.07) is 5.00. The van der Waals surface area contributed by atoms with Crippen molar-refractivity contribution in [1.82, 2.24) is 14.8 Å². The molecule has 6 nitrogen and oxygen atoms in total. The predicted octanol–water partition coefficient (Wildman–Crippen LogP) is 1.80. The Kier molecular flexibility index (Phi) is 3.06. The molecule has 0 bridgehead atoms. The standard InChI is InChI=1S/C10H12ClN5O/c1-16-10(17-2)5-9(15-16)14-8-4-6(12)3-7(11)13-8/h3-5H,1-2H3,(H3,12,13,14,15). The van der Waals surface area contributed by atoms with Crippen molar-refractivity contribution in [2.45, 2.75) is 0 Å². The largest absolute Gasteiger partial charge is 0.481 e. The molecule has 0 aliphatic heterocycles. The Labute approximate surface area is 103 Å². The summed E-state index contributed by atoms with van der Waals surface area (Å²) in [4.78, 5) is 4.08. The van der Waals surface area contributed by atoms with Crippen molar-refractivity contribution >= 4 is 28.9 Å². The summed E-state index contributed by atoms with van der Waals surface area (Å²) in [5.41, 5.74) is 6.20. The van der Waals surface area contributed by atoms with Crippen molar-refractivity contribution < 1.29 is 4.74 Å². The molecule has 0 saturated heterocycles. The lowest BCUT2D eigenvalue weighted by Crippen LogP contribution is -1.98. The Morgan fingerprint density at radius 1 is 1.35 bits per heavy atom. The van der Waals surface area contributed by atoms with Gasteiger partial charge in [-0.3, -0.25) is 0 Å². The summed E-state index contributed by atoms with van der Waals surface area (Å²) in [6.07, 6.45) is 0. The van der Waals surface area contributed by atoms with Gasteiger partial charge in [-0.05, 0) is 6.07 Å². The van der Waals surface area contributed by atoms with Crippen LogP contribution in [0.1, 0.15) is 0 Å². The van der Waals surface area contributed by atoms with E-state index < -0.39 is 0 Å². The van der Waals surface area contributed by atoms with E-state index in [9.17, 15) is 0 Å². The number of aromatic nitrogens is 3. The first-order valence-corrected chi connectivity index (χ1v) is 5.24. The van der Waals surface area contributed by atoms with Crippen LogP contribution in [-0.4, -0.2) is 21.9 Å². The lowest BCUT2D eigenvalue weighted by atomic mass is 10.4. The number of nitrogen functional groups attached to an aromatic ring is 1. The van der Waals surface area contributed by atoms with Gasteiger partial charge in [0.25, 0.3) is 0 Å². The van der Waals surface area contributed by atoms with Crippen LogP contribution < -0.4 is 15.8 Å². The molecule has 0 radical (unpaired) electrons. The van der Waals surface area contributed by atoms with Crippen LogP contribution in [0, 0.1) is 0 Å². The number of rotatable bonds is 3. The minimum Gasteiger partial charge on any atom is -0.481 e. The van der Waals surface area contributed by atoms with E-state index in [-0.39, 0.29) is 0 Å². The van der Waals surface area contributed by atoms with Gasteiger partial charge in [0.15, 0.2) is 5.82 Å². The zero-order valence-electron chi connectivity index (χ0n) is 9.44. The van der Waals surface area contributed by atoms with Gasteiger partial charge in [0.2, 0.25) is 5.88 Å². The molecule has 2 aromatic heterocycles. The molecule has 90 valence electrons. The third-order valence-electron chi connectivity index (χ3n) is 2.12. The third kappa shape index (κ3) is 2.59. The monoisotopic (exact) mass is 253 g/mol. The molecule has 0 amide bonds. The van der Waals surface area contributed by atoms with Gasteiger partial charge in [-0.25, -0.2) is 9.67 Å². The van der Waals surface area contributed by atoms with Crippen LogP contribution in [0.25, 0.3) is 0 Å². The molecule has 2 aromatic rings. The maximum atomic E-state index is 5.80. The van der Waals surface area contributed by atoms with E-state index >= 15 is 0 Å². The number of anilines is 3. The molecule has 17 heavy (non-hydrogen) atoms. The van der Waals surface area contributed by atoms with Crippen molar-refractivity contribution in [3.63, 3.8) is 0 Å². The number of nitrogens with one attached hydrogen (secondary N) is 1. The topological polar surface area (TPSA) is 78.0 Å². The molecule has 2 rings (SSSR count). The van der Waals surface area contributed by atoms with Crippen LogP contribution in [0.5, 0.6) is 5.88 Å². The zero-order chi connectivity index (χ0) is 12.4. The number of pyridine rings is 1. The predicted molar refractivity (Wildman–Crippen MR) is 66.7 cm³/mol. The number of ether oxygens (including phenoxy) is 1. The summed E-state index contributed by atoms with van der Waals surface area (Å²) in [5, 5.41) is 7.52. The third-order valence-corrected chi connectivity index (χ3v) is 2.31. The molecule has 0 spiro atoms. The van der Waals surface area contributed by atoms with Crippen molar-refractivity contribution in [3.8, 4) is 5.88 Å². The lowest BCUT2D eigenvalue weighted by Gasteiger charge is -2.03. The van der Waals surface area contributed by atoms with Crippen molar-refractivity contribution in [2.24, 2.45) is 7.05 Å². The molecule has 0 atom stereocenters. The van der Waals surface area contributed by atoms with Crippen LogP contribution in [0.3, 0.4) is 0 Å². The molecular weight excluding hydrogens is 242 g/mol. The van der Waals surface area contributed by atoms with Crippen LogP contribution in [0.2, 0.25) is 5.15 Å². The Morgan fingerprint density at radius 3 is 2.71 bits per heavy atom. The van der Waals surface area contributed by atoms with Gasteiger partial charge in [-0.15, -0.1) is 0 Å². The molecular formula is C10H12ClN5O. The molecule has 0 aliphatic carbocycles. The number of hydrogen-bond acceptors (Lipinski definition) is 5. The van der Waals surface area contributed by atoms with E-state index in [4.69, 9.17) is 22.1 Å². The highest BCUT2D eigenvalue weighted by molar-refractivity contribution is 6.29. The summed E-state index contributed by atoms with van der Waals surface area (Å²) in [6.45, 7) is 0. The molecule has 2 heterocycles. The smallest absolute Gasteiger partial charge is 0.213 e. The second-order valence-corrected chi connectivity index (χ2v) is 3.82. The molecule has 0 aromatic carbocycles. The lowest BCUT2D eigenvalue weighted by molar-refractivity contribution is 0.373. The van der Waals surface area contributed by atoms with Gasteiger partial charge in [0, 0.05) is 24.9 Å². The summed E-state index contributed by atoms with van der Waals surface area (Å²) in [7, 11) is 3.36. The van der Waals surface area contributed by atoms with Crippen molar-refractivity contribution in [3.05, 3.63) is 23.4 Å². The Hall–Kier alpha value is -1.95. The maximum absolute atomic E-state index is 5.80. The summed E-state index contributed by atoms with van der Waals surface area (Å²) < 4.78 is 6.71. The number of halogens is 1. The first-order valence-electron chi connectivity index (χ1n) is 4.86. The minimum atomic E-state index is 0.329. The Balaban J connectivity index is 2.24. The molecule has 0 fully saturated rings. The van der Waals surface area contributed by atoms with Crippen LogP contribution in [-0.2, 0) is 7.05 Å². The number of aryl methyl sites for hydroxylation is 1. The Bertz CT molecular complexity index is 519. The average molecular weight is 254 g/mol. The highest BCUT2D eigenvalue weighted by Gasteiger charge is 2.06. The highest BCUT2D eigenvalue weighted by Crippen LogP contribution is 2.21. The first-order chi connectivity index (χ1) is 8.08. The second-order valence-electron chi connectivity index (χ2n) is 3.43. The van der Waals surface area contributed by atoms with Crippen LogP contribution >= 0.6 is 11.6 Å². The van der Waals surface area contributed by atoms with E-state index in [1.807, 2.05) is 0 Å². The maximum Gasteiger partial charge on any atom is 0.213 e. The fourth-order valence-corrected chi connectivity index (χ4v) is 1.63. The second kappa shape index (κ2) is 4.50. The molecule has 0 unspecified atom stereocenters. The Morgan fingerprint density at radius 2 is 2.12 bits per heavy atom. The number of nitrogens with two attached hydrogens (primary N) is 1. The first kappa shape index (κ1) is 11.5. The van der Waals surface area contributed by atoms with Gasteiger partial charge in [-0.1, -0.05) is 11.6 Å². The fraction of sp³-hybridized carbons (Fsp3) is 0.200. The quantitative estimate of drug-likeness (QED) is 0.816. The van der Waals surface area contributed by atoms with Gasteiger partial charge in [-0.2, -0.15) is 5.10 Å². The molecule has 0 saturated carbocycles. The minimum absolute atomic E-state index is 0.329. The summed E-state index contributed by atoms with van der Waals surface area (Å²) in [5.74, 6) is 1.79. The molecule has 3 N–H and O–H groups in total. The van der Waals surface area contributed by atoms with E-state index in [1.54, 1.807) is 37.0 Å². The number of methoxy groups -OCH3 is 1. The normalized spacial score (nSPS) is 10.3. The SMILES string of the molecule is COc1cc(Nc2cc(N)cc(Cl)n2)nn1C. The van der Waals surface area contributed by atoms with Gasteiger partial charge < -0.3 is 15.8 Å². The van der Waals surface area contributed by atoms with Gasteiger partial charge in [0.1, 0.15) is 11.0 Å². The van der Waals surface area contributed by atoms with Crippen LogP contribution in [0.4, 0.5) is 17.3 Å². The molecule has 0 aliphatic rings. The van der Waals surface area contributed by atoms with E-state index in [0.717, 1.165) is 0 Å². The zero-order valence-corrected chi connectivity index (χ0v) is 10.2. The van der Waals surface area contributed by atoms with Gasteiger partial charge >= 0.3 is 0 Å². The average Bonchev–Trinajstić information content (AvgIpc) is 2.57. The van der Waals surface area contributed by atoms with Crippen molar-refractivity contribution in [1.29, 1.82) is 0 Å². The molecule has 7 heteroatoms. The van der Waals surface area contributed by atoms with E-state index in [1.165, 1.54) is 0 Å². The van der Waals surface area contributed by atoms with Crippen LogP contribution in [0.15, 0.2) is 18.2 Å². The van der Waals surface area contributed by atoms with Crippen molar-refractivity contribution in [2.75, 3.05) is 18.2 Å².